The van der Waals surface area contributed by atoms with Gasteiger partial charge >= 0.3 is 0 Å². The van der Waals surface area contributed by atoms with Gasteiger partial charge in [0, 0.05) is 18.4 Å². The van der Waals surface area contributed by atoms with Crippen LogP contribution in [0.1, 0.15) is 25.3 Å². The molecule has 0 spiro atoms. The van der Waals surface area contributed by atoms with Gasteiger partial charge in [-0.3, -0.25) is 4.98 Å². The Labute approximate surface area is 92.4 Å². The zero-order chi connectivity index (χ0) is 11.1. The molecule has 15 heavy (non-hydrogen) atoms. The molecule has 0 radical (unpaired) electrons. The number of aromatic nitrogens is 1. The third kappa shape index (κ3) is 4.26. The number of nitrogens with zero attached hydrogens (tertiary/aromatic N) is 1. The molecule has 0 fully saturated rings. The van der Waals surface area contributed by atoms with Gasteiger partial charge in [0.2, 0.25) is 0 Å². The van der Waals surface area contributed by atoms with E-state index in [2.05, 4.69) is 29.9 Å². The van der Waals surface area contributed by atoms with Gasteiger partial charge in [0.25, 0.3) is 0 Å². The van der Waals surface area contributed by atoms with E-state index in [1.165, 1.54) is 11.1 Å². The van der Waals surface area contributed by atoms with E-state index in [0.29, 0.717) is 6.04 Å². The minimum atomic E-state index is 0.474. The van der Waals surface area contributed by atoms with Gasteiger partial charge in [-0.2, -0.15) is 0 Å². The molecule has 2 heteroatoms. The van der Waals surface area contributed by atoms with Crippen LogP contribution in [0.15, 0.2) is 36.7 Å². The predicted octanol–water partition coefficient (Wildman–Crippen LogP) is 2.57. The number of likely N-dealkylation sites (N-methyl/N-ethyl adjacent to an activating group) is 1. The summed E-state index contributed by atoms with van der Waals surface area (Å²) < 4.78 is 0. The van der Waals surface area contributed by atoms with E-state index in [1.807, 2.05) is 25.5 Å². The maximum Gasteiger partial charge on any atom is 0.0300 e. The fourth-order valence-corrected chi connectivity index (χ4v) is 1.57. The zero-order valence-electron chi connectivity index (χ0n) is 9.66. The number of pyridine rings is 1. The van der Waals surface area contributed by atoms with Crippen LogP contribution < -0.4 is 5.32 Å². The summed E-state index contributed by atoms with van der Waals surface area (Å²) in [6.45, 7) is 6.20. The zero-order valence-corrected chi connectivity index (χ0v) is 9.66. The van der Waals surface area contributed by atoms with E-state index in [9.17, 15) is 0 Å². The standard InChI is InChI=1S/C13H20N2/c1-4-11(2)8-13(14-3)9-12-6-5-7-15-10-12/h5-7,10,13-14H,2,4,8-9H2,1,3H3. The smallest absolute Gasteiger partial charge is 0.0300 e. The van der Waals surface area contributed by atoms with Crippen LogP contribution in [-0.2, 0) is 6.42 Å². The van der Waals surface area contributed by atoms with E-state index in [0.717, 1.165) is 19.3 Å². The number of hydrogen-bond donors (Lipinski definition) is 1. The van der Waals surface area contributed by atoms with Crippen LogP contribution in [0.2, 0.25) is 0 Å². The van der Waals surface area contributed by atoms with Crippen LogP contribution in [0, 0.1) is 0 Å². The molecule has 0 saturated heterocycles. The Balaban J connectivity index is 2.50. The monoisotopic (exact) mass is 204 g/mol. The predicted molar refractivity (Wildman–Crippen MR) is 64.8 cm³/mol. The normalized spacial score (nSPS) is 12.4. The Morgan fingerprint density at radius 3 is 2.93 bits per heavy atom. The van der Waals surface area contributed by atoms with Crippen LogP contribution in [0.4, 0.5) is 0 Å². The van der Waals surface area contributed by atoms with Gasteiger partial charge in [0.05, 0.1) is 0 Å². The van der Waals surface area contributed by atoms with Crippen molar-refractivity contribution in [1.29, 1.82) is 0 Å². The molecule has 1 atom stereocenters. The van der Waals surface area contributed by atoms with Crippen LogP contribution in [0.25, 0.3) is 0 Å². The van der Waals surface area contributed by atoms with E-state index in [4.69, 9.17) is 0 Å². The summed E-state index contributed by atoms with van der Waals surface area (Å²) in [6.07, 6.45) is 6.86. The molecule has 1 N–H and O–H groups in total. The van der Waals surface area contributed by atoms with Crippen molar-refractivity contribution in [3.8, 4) is 0 Å². The molecule has 2 nitrogen and oxygen atoms in total. The lowest BCUT2D eigenvalue weighted by Gasteiger charge is -2.16. The summed E-state index contributed by atoms with van der Waals surface area (Å²) in [6, 6.07) is 4.57. The second kappa shape index (κ2) is 6.36. The highest BCUT2D eigenvalue weighted by Gasteiger charge is 2.08. The molecule has 0 aliphatic rings. The molecular formula is C13H20N2. The fraction of sp³-hybridized carbons (Fsp3) is 0.462. The largest absolute Gasteiger partial charge is 0.316 e. The maximum absolute atomic E-state index is 4.12. The van der Waals surface area contributed by atoms with Crippen molar-refractivity contribution in [1.82, 2.24) is 10.3 Å². The summed E-state index contributed by atoms with van der Waals surface area (Å²) in [5.74, 6) is 0. The summed E-state index contributed by atoms with van der Waals surface area (Å²) in [7, 11) is 2.00. The molecule has 0 bridgehead atoms. The molecule has 0 saturated carbocycles. The van der Waals surface area contributed by atoms with Crippen molar-refractivity contribution in [2.45, 2.75) is 32.2 Å². The first-order valence-corrected chi connectivity index (χ1v) is 5.49. The fourth-order valence-electron chi connectivity index (χ4n) is 1.57. The second-order valence-electron chi connectivity index (χ2n) is 3.86. The third-order valence-corrected chi connectivity index (χ3v) is 2.65. The molecule has 0 amide bonds. The summed E-state index contributed by atoms with van der Waals surface area (Å²) in [4.78, 5) is 4.12. The highest BCUT2D eigenvalue weighted by molar-refractivity contribution is 5.11. The minimum Gasteiger partial charge on any atom is -0.316 e. The van der Waals surface area contributed by atoms with Crippen LogP contribution in [0.5, 0.6) is 0 Å². The molecule has 0 aliphatic heterocycles. The molecule has 1 heterocycles. The Hall–Kier alpha value is -1.15. The van der Waals surface area contributed by atoms with Crippen molar-refractivity contribution in [3.05, 3.63) is 42.2 Å². The lowest BCUT2D eigenvalue weighted by molar-refractivity contribution is 0.548. The highest BCUT2D eigenvalue weighted by atomic mass is 14.9. The van der Waals surface area contributed by atoms with Gasteiger partial charge in [-0.1, -0.05) is 25.1 Å². The second-order valence-corrected chi connectivity index (χ2v) is 3.86. The SMILES string of the molecule is C=C(CC)CC(Cc1cccnc1)NC. The molecule has 1 aromatic rings. The van der Waals surface area contributed by atoms with Crippen molar-refractivity contribution in [2.24, 2.45) is 0 Å². The first-order chi connectivity index (χ1) is 7.26. The number of rotatable bonds is 6. The van der Waals surface area contributed by atoms with Crippen LogP contribution in [0.3, 0.4) is 0 Å². The summed E-state index contributed by atoms with van der Waals surface area (Å²) >= 11 is 0. The first-order valence-electron chi connectivity index (χ1n) is 5.49. The minimum absolute atomic E-state index is 0.474. The lowest BCUT2D eigenvalue weighted by Crippen LogP contribution is -2.27. The van der Waals surface area contributed by atoms with Gasteiger partial charge in [-0.25, -0.2) is 0 Å². The van der Waals surface area contributed by atoms with Crippen molar-refractivity contribution < 1.29 is 0 Å². The molecule has 1 rings (SSSR count). The average molecular weight is 204 g/mol. The molecule has 82 valence electrons. The van der Waals surface area contributed by atoms with Gasteiger partial charge in [-0.15, -0.1) is 0 Å². The van der Waals surface area contributed by atoms with Gasteiger partial charge in [0.1, 0.15) is 0 Å². The van der Waals surface area contributed by atoms with Crippen molar-refractivity contribution in [2.75, 3.05) is 7.05 Å². The Morgan fingerprint density at radius 1 is 1.60 bits per heavy atom. The summed E-state index contributed by atoms with van der Waals surface area (Å²) in [5, 5.41) is 3.33. The number of hydrogen-bond acceptors (Lipinski definition) is 2. The molecule has 1 aromatic heterocycles. The van der Waals surface area contributed by atoms with Crippen LogP contribution in [-0.4, -0.2) is 18.1 Å². The maximum atomic E-state index is 4.12. The van der Waals surface area contributed by atoms with E-state index in [-0.39, 0.29) is 0 Å². The van der Waals surface area contributed by atoms with E-state index < -0.39 is 0 Å². The summed E-state index contributed by atoms with van der Waals surface area (Å²) in [5.41, 5.74) is 2.58. The number of nitrogens with one attached hydrogen (secondary N) is 1. The molecule has 0 aliphatic carbocycles. The lowest BCUT2D eigenvalue weighted by atomic mass is 10.00. The highest BCUT2D eigenvalue weighted by Crippen LogP contribution is 2.11. The quantitative estimate of drug-likeness (QED) is 0.720. The molecular weight excluding hydrogens is 184 g/mol. The Morgan fingerprint density at radius 2 is 2.40 bits per heavy atom. The Kier molecular flexibility index (Phi) is 5.05. The van der Waals surface area contributed by atoms with Gasteiger partial charge in [-0.05, 0) is 37.9 Å². The topological polar surface area (TPSA) is 24.9 Å². The van der Waals surface area contributed by atoms with Gasteiger partial charge in [0.15, 0.2) is 0 Å². The van der Waals surface area contributed by atoms with E-state index in [1.54, 1.807) is 0 Å². The van der Waals surface area contributed by atoms with Gasteiger partial charge < -0.3 is 5.32 Å². The van der Waals surface area contributed by atoms with E-state index >= 15 is 0 Å². The third-order valence-electron chi connectivity index (χ3n) is 2.65. The van der Waals surface area contributed by atoms with Crippen molar-refractivity contribution in [3.63, 3.8) is 0 Å². The first kappa shape index (κ1) is 11.9. The Bertz CT molecular complexity index is 293. The van der Waals surface area contributed by atoms with Crippen LogP contribution >= 0.6 is 0 Å². The average Bonchev–Trinajstić information content (AvgIpc) is 2.29. The molecule has 0 aromatic carbocycles. The van der Waals surface area contributed by atoms with Crippen molar-refractivity contribution >= 4 is 0 Å². The molecule has 1 unspecified atom stereocenters.